The lowest BCUT2D eigenvalue weighted by atomic mass is 10.1. The largest absolute Gasteiger partial charge is 0.418 e. The Labute approximate surface area is 179 Å². The van der Waals surface area contributed by atoms with Crippen LogP contribution in [0.15, 0.2) is 53.6 Å². The number of nitrogens with two attached hydrogens (primary N) is 1. The van der Waals surface area contributed by atoms with Gasteiger partial charge in [0.15, 0.2) is 5.11 Å². The van der Waals surface area contributed by atoms with Crippen molar-refractivity contribution in [2.45, 2.75) is 19.1 Å². The van der Waals surface area contributed by atoms with E-state index in [4.69, 9.17) is 5.73 Å². The highest BCUT2D eigenvalue weighted by atomic mass is 32.1. The maximum Gasteiger partial charge on any atom is 0.418 e. The highest BCUT2D eigenvalue weighted by Gasteiger charge is 2.35. The molecular weight excluding hydrogens is 411 g/mol. The van der Waals surface area contributed by atoms with Crippen molar-refractivity contribution in [3.8, 4) is 0 Å². The first kappa shape index (κ1) is 22.0. The van der Waals surface area contributed by atoms with Gasteiger partial charge in [0.25, 0.3) is 0 Å². The van der Waals surface area contributed by atoms with Gasteiger partial charge in [0.1, 0.15) is 0 Å². The zero-order valence-electron chi connectivity index (χ0n) is 16.4. The molecule has 0 bridgehead atoms. The Morgan fingerprint density at radius 1 is 1.10 bits per heavy atom. The Bertz CT molecular complexity index is 886. The molecule has 1 fully saturated rings. The SMILES string of the molecule is NC(=S)NN=Cc1ccc(N2CCCN(Cc3ccccc3)CC2)c(C(F)(F)F)c1. The third-order valence-electron chi connectivity index (χ3n) is 4.89. The van der Waals surface area contributed by atoms with Gasteiger partial charge in [0.05, 0.1) is 11.8 Å². The lowest BCUT2D eigenvalue weighted by Crippen LogP contribution is -2.31. The van der Waals surface area contributed by atoms with Gasteiger partial charge >= 0.3 is 6.18 Å². The first-order valence-corrected chi connectivity index (χ1v) is 10.0. The number of anilines is 1. The average Bonchev–Trinajstić information content (AvgIpc) is 2.93. The van der Waals surface area contributed by atoms with E-state index in [9.17, 15) is 13.2 Å². The fraction of sp³-hybridized carbons (Fsp3) is 0.333. The second kappa shape index (κ2) is 9.90. The number of hydrazone groups is 1. The van der Waals surface area contributed by atoms with Crippen LogP contribution < -0.4 is 16.1 Å². The van der Waals surface area contributed by atoms with Crippen LogP contribution >= 0.6 is 12.2 Å². The zero-order valence-corrected chi connectivity index (χ0v) is 17.2. The summed E-state index contributed by atoms with van der Waals surface area (Å²) in [7, 11) is 0. The second-order valence-electron chi connectivity index (χ2n) is 7.11. The van der Waals surface area contributed by atoms with Crippen molar-refractivity contribution in [1.82, 2.24) is 10.3 Å². The first-order valence-electron chi connectivity index (χ1n) is 9.64. The Morgan fingerprint density at radius 3 is 2.57 bits per heavy atom. The molecule has 1 saturated heterocycles. The number of alkyl halides is 3. The molecule has 0 aromatic heterocycles. The summed E-state index contributed by atoms with van der Waals surface area (Å²) in [5.41, 5.74) is 8.66. The molecule has 1 aliphatic rings. The van der Waals surface area contributed by atoms with E-state index in [-0.39, 0.29) is 10.8 Å². The van der Waals surface area contributed by atoms with Crippen LogP contribution in [0.1, 0.15) is 23.1 Å². The highest BCUT2D eigenvalue weighted by Crippen LogP contribution is 2.37. The summed E-state index contributed by atoms with van der Waals surface area (Å²) in [5.74, 6) is 0. The standard InChI is InChI=1S/C21H24F3N5S/c22-21(23,24)18-13-17(14-26-27-20(25)30)7-8-19(18)29-10-4-9-28(11-12-29)15-16-5-2-1-3-6-16/h1-3,5-8,13-14H,4,9-12,15H2,(H3,25,27,30). The van der Waals surface area contributed by atoms with Crippen molar-refractivity contribution >= 4 is 29.2 Å². The molecule has 0 aliphatic carbocycles. The normalized spacial score (nSPS) is 15.9. The third kappa shape index (κ3) is 6.17. The fourth-order valence-corrected chi connectivity index (χ4v) is 3.57. The van der Waals surface area contributed by atoms with Gasteiger partial charge in [0, 0.05) is 38.4 Å². The van der Waals surface area contributed by atoms with Crippen molar-refractivity contribution in [2.75, 3.05) is 31.1 Å². The summed E-state index contributed by atoms with van der Waals surface area (Å²) in [6.45, 7) is 3.46. The van der Waals surface area contributed by atoms with Gasteiger partial charge in [-0.1, -0.05) is 36.4 Å². The minimum absolute atomic E-state index is 0.0523. The number of benzene rings is 2. The van der Waals surface area contributed by atoms with Crippen LogP contribution in [0.3, 0.4) is 0 Å². The maximum absolute atomic E-state index is 13.8. The van der Waals surface area contributed by atoms with E-state index in [1.165, 1.54) is 17.8 Å². The molecule has 0 radical (unpaired) electrons. The molecule has 5 nitrogen and oxygen atoms in total. The lowest BCUT2D eigenvalue weighted by molar-refractivity contribution is -0.137. The summed E-state index contributed by atoms with van der Waals surface area (Å²) >= 11 is 4.63. The predicted octanol–water partition coefficient (Wildman–Crippen LogP) is 3.58. The van der Waals surface area contributed by atoms with Gasteiger partial charge in [-0.25, -0.2) is 0 Å². The molecular formula is C21H24F3N5S. The average molecular weight is 436 g/mol. The summed E-state index contributed by atoms with van der Waals surface area (Å²) < 4.78 is 41.3. The van der Waals surface area contributed by atoms with Gasteiger partial charge in [-0.2, -0.15) is 18.3 Å². The van der Waals surface area contributed by atoms with Crippen molar-refractivity contribution in [3.05, 3.63) is 65.2 Å². The Kier molecular flexibility index (Phi) is 7.28. The fourth-order valence-electron chi connectivity index (χ4n) is 3.52. The quantitative estimate of drug-likeness (QED) is 0.427. The molecule has 0 atom stereocenters. The van der Waals surface area contributed by atoms with Gasteiger partial charge in [-0.15, -0.1) is 0 Å². The number of halogens is 3. The third-order valence-corrected chi connectivity index (χ3v) is 4.98. The van der Waals surface area contributed by atoms with Gasteiger partial charge in [-0.3, -0.25) is 10.3 Å². The molecule has 3 N–H and O–H groups in total. The highest BCUT2D eigenvalue weighted by molar-refractivity contribution is 7.80. The van der Waals surface area contributed by atoms with Gasteiger partial charge < -0.3 is 10.6 Å². The van der Waals surface area contributed by atoms with E-state index >= 15 is 0 Å². The second-order valence-corrected chi connectivity index (χ2v) is 7.55. The summed E-state index contributed by atoms with van der Waals surface area (Å²) in [6.07, 6.45) is -2.40. The van der Waals surface area contributed by atoms with Crippen molar-refractivity contribution < 1.29 is 13.2 Å². The molecule has 9 heteroatoms. The number of hydrogen-bond acceptors (Lipinski definition) is 4. The van der Waals surface area contributed by atoms with Crippen LogP contribution in [-0.4, -0.2) is 42.4 Å². The first-order chi connectivity index (χ1) is 14.3. The molecule has 30 heavy (non-hydrogen) atoms. The number of nitrogens with zero attached hydrogens (tertiary/aromatic N) is 3. The predicted molar refractivity (Wildman–Crippen MR) is 118 cm³/mol. The Balaban J connectivity index is 1.75. The molecule has 2 aromatic rings. The number of thiocarbonyl (C=S) groups is 1. The van der Waals surface area contributed by atoms with E-state index in [2.05, 4.69) is 39.8 Å². The van der Waals surface area contributed by atoms with Gasteiger partial charge in [0.2, 0.25) is 0 Å². The van der Waals surface area contributed by atoms with Crippen molar-refractivity contribution in [2.24, 2.45) is 10.8 Å². The minimum Gasteiger partial charge on any atom is -0.375 e. The van der Waals surface area contributed by atoms with E-state index in [0.717, 1.165) is 25.6 Å². The molecule has 3 rings (SSSR count). The molecule has 0 saturated carbocycles. The number of hydrogen-bond donors (Lipinski definition) is 2. The lowest BCUT2D eigenvalue weighted by Gasteiger charge is -2.27. The van der Waals surface area contributed by atoms with Crippen LogP contribution in [-0.2, 0) is 12.7 Å². The summed E-state index contributed by atoms with van der Waals surface area (Å²) in [4.78, 5) is 4.10. The maximum atomic E-state index is 13.8. The van der Waals surface area contributed by atoms with E-state index in [1.807, 2.05) is 23.1 Å². The molecule has 0 amide bonds. The van der Waals surface area contributed by atoms with Crippen molar-refractivity contribution in [3.63, 3.8) is 0 Å². The topological polar surface area (TPSA) is 56.9 Å². The van der Waals surface area contributed by atoms with E-state index < -0.39 is 11.7 Å². The van der Waals surface area contributed by atoms with Crippen LogP contribution in [0.5, 0.6) is 0 Å². The van der Waals surface area contributed by atoms with Crippen LogP contribution in [0.4, 0.5) is 18.9 Å². The van der Waals surface area contributed by atoms with Crippen LogP contribution in [0.2, 0.25) is 0 Å². The number of rotatable bonds is 5. The monoisotopic (exact) mass is 435 g/mol. The summed E-state index contributed by atoms with van der Waals surface area (Å²) in [5, 5.41) is 3.69. The zero-order chi connectivity index (χ0) is 21.6. The Hall–Kier alpha value is -2.65. The van der Waals surface area contributed by atoms with Crippen molar-refractivity contribution in [1.29, 1.82) is 0 Å². The number of nitrogens with one attached hydrogen (secondary N) is 1. The van der Waals surface area contributed by atoms with Crippen LogP contribution in [0, 0.1) is 0 Å². The smallest absolute Gasteiger partial charge is 0.375 e. The molecule has 1 heterocycles. The Morgan fingerprint density at radius 2 is 1.87 bits per heavy atom. The molecule has 0 spiro atoms. The van der Waals surface area contributed by atoms with E-state index in [1.54, 1.807) is 6.07 Å². The summed E-state index contributed by atoms with van der Waals surface area (Å²) in [6, 6.07) is 14.3. The van der Waals surface area contributed by atoms with E-state index in [0.29, 0.717) is 25.2 Å². The van der Waals surface area contributed by atoms with Gasteiger partial charge in [-0.05, 0) is 41.9 Å². The van der Waals surface area contributed by atoms with Crippen LogP contribution in [0.25, 0.3) is 0 Å². The molecule has 1 aliphatic heterocycles. The minimum atomic E-state index is -4.47. The molecule has 160 valence electrons. The molecule has 0 unspecified atom stereocenters. The molecule has 2 aromatic carbocycles.